The second-order valence-electron chi connectivity index (χ2n) is 6.02. The van der Waals surface area contributed by atoms with Gasteiger partial charge in [0.1, 0.15) is 11.5 Å². The van der Waals surface area contributed by atoms with E-state index in [1.807, 2.05) is 19.3 Å². The number of phenols is 1. The van der Waals surface area contributed by atoms with E-state index in [1.165, 1.54) is 5.56 Å². The summed E-state index contributed by atoms with van der Waals surface area (Å²) in [6.45, 7) is 0.931. The van der Waals surface area contributed by atoms with Crippen molar-refractivity contribution in [3.05, 3.63) is 65.1 Å². The first-order valence-corrected chi connectivity index (χ1v) is 7.85. The Morgan fingerprint density at radius 2 is 2.08 bits per heavy atom. The predicted octanol–water partition coefficient (Wildman–Crippen LogP) is 2.86. The molecule has 0 fully saturated rings. The van der Waals surface area contributed by atoms with Gasteiger partial charge in [-0.2, -0.15) is 0 Å². The van der Waals surface area contributed by atoms with Crippen molar-refractivity contribution in [1.29, 1.82) is 0 Å². The molecule has 24 heavy (non-hydrogen) atoms. The summed E-state index contributed by atoms with van der Waals surface area (Å²) in [5.41, 5.74) is 5.23. The van der Waals surface area contributed by atoms with Crippen LogP contribution in [0.15, 0.2) is 47.7 Å². The van der Waals surface area contributed by atoms with Gasteiger partial charge in [0.15, 0.2) is 0 Å². The monoisotopic (exact) mass is 319 g/mol. The van der Waals surface area contributed by atoms with Crippen molar-refractivity contribution in [2.45, 2.75) is 6.42 Å². The highest BCUT2D eigenvalue weighted by molar-refractivity contribution is 6.52. The number of aromatic nitrogens is 1. The van der Waals surface area contributed by atoms with E-state index in [0.29, 0.717) is 11.4 Å². The molecule has 0 saturated carbocycles. The number of benzene rings is 1. The van der Waals surface area contributed by atoms with Gasteiger partial charge in [0.25, 0.3) is 0 Å². The van der Waals surface area contributed by atoms with Crippen LogP contribution in [0, 0.1) is 0 Å². The number of nitrogens with one attached hydrogen (secondary N) is 1. The topological polar surface area (TPSA) is 68.7 Å². The van der Waals surface area contributed by atoms with Crippen LogP contribution in [0.5, 0.6) is 5.75 Å². The molecule has 1 aliphatic heterocycles. The van der Waals surface area contributed by atoms with Gasteiger partial charge in [-0.25, -0.2) is 0 Å². The summed E-state index contributed by atoms with van der Waals surface area (Å²) in [6, 6.07) is 6.81. The Bertz CT molecular complexity index is 901. The molecule has 0 bridgehead atoms. The van der Waals surface area contributed by atoms with E-state index in [2.05, 4.69) is 14.9 Å². The molecule has 0 unspecified atom stereocenters. The lowest BCUT2D eigenvalue weighted by molar-refractivity contribution is 0.106. The van der Waals surface area contributed by atoms with E-state index in [1.54, 1.807) is 36.5 Å². The van der Waals surface area contributed by atoms with E-state index in [9.17, 15) is 9.90 Å². The minimum absolute atomic E-state index is 0.0781. The van der Waals surface area contributed by atoms with Crippen LogP contribution >= 0.6 is 0 Å². The Morgan fingerprint density at radius 3 is 2.88 bits per heavy atom. The zero-order chi connectivity index (χ0) is 16.7. The number of aliphatic imine (C=N–C) groups is 1. The lowest BCUT2D eigenvalue weighted by Gasteiger charge is -2.30. The number of carbonyl (C=O) groups is 1. The molecule has 0 amide bonds. The SMILES string of the molecule is CN1CCc2c[nH]c3c2C1=CC(=NC=Cc1ccc(O)cc1)C3=O. The number of H-pyrrole nitrogens is 1. The number of hydrogen-bond donors (Lipinski definition) is 2. The van der Waals surface area contributed by atoms with Crippen LogP contribution in [-0.2, 0) is 6.42 Å². The molecule has 4 rings (SSSR count). The molecule has 5 heteroatoms. The quantitative estimate of drug-likeness (QED) is 0.894. The van der Waals surface area contributed by atoms with Crippen molar-refractivity contribution >= 4 is 23.3 Å². The highest BCUT2D eigenvalue weighted by Gasteiger charge is 2.32. The second-order valence-corrected chi connectivity index (χ2v) is 6.02. The zero-order valence-corrected chi connectivity index (χ0v) is 13.3. The molecule has 1 aliphatic carbocycles. The molecule has 0 spiro atoms. The van der Waals surface area contributed by atoms with Gasteiger partial charge in [-0.05, 0) is 41.8 Å². The Hall–Kier alpha value is -3.08. The number of ketones is 1. The molecule has 1 aromatic carbocycles. The van der Waals surface area contributed by atoms with Gasteiger partial charge >= 0.3 is 0 Å². The fourth-order valence-electron chi connectivity index (χ4n) is 3.12. The molecule has 0 radical (unpaired) electrons. The maximum atomic E-state index is 12.6. The average Bonchev–Trinajstić information content (AvgIpc) is 3.01. The van der Waals surface area contributed by atoms with Crippen molar-refractivity contribution in [3.63, 3.8) is 0 Å². The van der Waals surface area contributed by atoms with Crippen LogP contribution in [0.2, 0.25) is 0 Å². The highest BCUT2D eigenvalue weighted by Crippen LogP contribution is 2.34. The summed E-state index contributed by atoms with van der Waals surface area (Å²) in [5, 5.41) is 9.29. The maximum absolute atomic E-state index is 12.6. The smallest absolute Gasteiger partial charge is 0.228 e. The first-order chi connectivity index (χ1) is 11.6. The fourth-order valence-corrected chi connectivity index (χ4v) is 3.12. The lowest BCUT2D eigenvalue weighted by atomic mass is 9.91. The van der Waals surface area contributed by atoms with Gasteiger partial charge in [0, 0.05) is 37.2 Å². The van der Waals surface area contributed by atoms with Gasteiger partial charge in [0.05, 0.1) is 5.69 Å². The van der Waals surface area contributed by atoms with Crippen molar-refractivity contribution < 1.29 is 9.90 Å². The second kappa shape index (κ2) is 5.53. The predicted molar refractivity (Wildman–Crippen MR) is 94.0 cm³/mol. The Morgan fingerprint density at radius 1 is 1.29 bits per heavy atom. The summed E-state index contributed by atoms with van der Waals surface area (Å²) in [5.74, 6) is 0.145. The molecule has 5 nitrogen and oxygen atoms in total. The maximum Gasteiger partial charge on any atom is 0.228 e. The Kier molecular flexibility index (Phi) is 3.34. The normalized spacial score (nSPS) is 18.2. The van der Waals surface area contributed by atoms with Crippen LogP contribution in [0.3, 0.4) is 0 Å². The lowest BCUT2D eigenvalue weighted by Crippen LogP contribution is -2.30. The van der Waals surface area contributed by atoms with Crippen LogP contribution in [-0.4, -0.2) is 40.1 Å². The molecule has 2 aliphatic rings. The summed E-state index contributed by atoms with van der Waals surface area (Å²) in [7, 11) is 2.03. The zero-order valence-electron chi connectivity index (χ0n) is 13.3. The van der Waals surface area contributed by atoms with Crippen molar-refractivity contribution in [2.75, 3.05) is 13.6 Å². The molecule has 2 N–H and O–H groups in total. The number of likely N-dealkylation sites (N-methyl/N-ethyl adjacent to an activating group) is 1. The number of phenolic OH excluding ortho intramolecular Hbond substituents is 1. The summed E-state index contributed by atoms with van der Waals surface area (Å²) in [6.07, 6.45) is 8.16. The Labute approximate surface area is 139 Å². The van der Waals surface area contributed by atoms with Crippen LogP contribution in [0.1, 0.15) is 27.2 Å². The standard InChI is InChI=1S/C19H17N3O2/c1-22-9-7-13-11-21-18-17(13)16(22)10-15(19(18)24)20-8-6-12-2-4-14(23)5-3-12/h2-6,8,10-11,21,23H,7,9H2,1H3. The minimum atomic E-state index is -0.0781. The third-order valence-corrected chi connectivity index (χ3v) is 4.45. The molecule has 2 aromatic rings. The van der Waals surface area contributed by atoms with Gasteiger partial charge in [-0.3, -0.25) is 9.79 Å². The van der Waals surface area contributed by atoms with E-state index in [0.717, 1.165) is 29.8 Å². The molecular formula is C19H17N3O2. The first-order valence-electron chi connectivity index (χ1n) is 7.85. The number of nitrogens with zero attached hydrogens (tertiary/aromatic N) is 2. The number of carbonyl (C=O) groups excluding carboxylic acids is 1. The van der Waals surface area contributed by atoms with Gasteiger partial charge in [-0.15, -0.1) is 0 Å². The molecule has 120 valence electrons. The highest BCUT2D eigenvalue weighted by atomic mass is 16.3. The van der Waals surface area contributed by atoms with Gasteiger partial charge < -0.3 is 15.0 Å². The van der Waals surface area contributed by atoms with Crippen molar-refractivity contribution in [2.24, 2.45) is 4.99 Å². The van der Waals surface area contributed by atoms with E-state index in [4.69, 9.17) is 0 Å². The number of Topliss-reactive ketones (excluding diaryl/α,β-unsaturated/α-hetero) is 1. The van der Waals surface area contributed by atoms with E-state index in [-0.39, 0.29) is 11.5 Å². The first kappa shape index (κ1) is 14.5. The number of allylic oxidation sites excluding steroid dienone is 1. The minimum Gasteiger partial charge on any atom is -0.508 e. The molecule has 2 heterocycles. The summed E-state index contributed by atoms with van der Waals surface area (Å²) < 4.78 is 0. The number of aromatic hydroxyl groups is 1. The molecule has 0 saturated heterocycles. The Balaban J connectivity index is 1.68. The van der Waals surface area contributed by atoms with Crippen molar-refractivity contribution in [1.82, 2.24) is 9.88 Å². The fraction of sp³-hybridized carbons (Fsp3) is 0.158. The van der Waals surface area contributed by atoms with Gasteiger partial charge in [-0.1, -0.05) is 12.1 Å². The summed E-state index contributed by atoms with van der Waals surface area (Å²) >= 11 is 0. The largest absolute Gasteiger partial charge is 0.508 e. The molecule has 0 atom stereocenters. The van der Waals surface area contributed by atoms with Crippen LogP contribution < -0.4 is 0 Å². The van der Waals surface area contributed by atoms with Crippen LogP contribution in [0.25, 0.3) is 11.8 Å². The number of hydrogen-bond acceptors (Lipinski definition) is 4. The van der Waals surface area contributed by atoms with E-state index < -0.39 is 0 Å². The number of aromatic amines is 1. The molecule has 1 aromatic heterocycles. The van der Waals surface area contributed by atoms with E-state index >= 15 is 0 Å². The van der Waals surface area contributed by atoms with Crippen LogP contribution in [0.4, 0.5) is 0 Å². The number of rotatable bonds is 2. The third kappa shape index (κ3) is 2.34. The van der Waals surface area contributed by atoms with Crippen molar-refractivity contribution in [3.8, 4) is 5.75 Å². The van der Waals surface area contributed by atoms with Gasteiger partial charge in [0.2, 0.25) is 5.78 Å². The average molecular weight is 319 g/mol. The third-order valence-electron chi connectivity index (χ3n) is 4.45. The summed E-state index contributed by atoms with van der Waals surface area (Å²) in [4.78, 5) is 22.2. The molecular weight excluding hydrogens is 302 g/mol.